The Labute approximate surface area is 180 Å². The van der Waals surface area contributed by atoms with Gasteiger partial charge in [-0.05, 0) is 63.8 Å². The number of hydrogen-bond acceptors (Lipinski definition) is 3. The predicted molar refractivity (Wildman–Crippen MR) is 121 cm³/mol. The minimum absolute atomic E-state index is 0.122. The highest BCUT2D eigenvalue weighted by atomic mass is 16.5. The minimum Gasteiger partial charge on any atom is -0.365 e. The molecular weight excluding hydrogens is 372 g/mol. The zero-order chi connectivity index (χ0) is 21.0. The zero-order valence-electron chi connectivity index (χ0n) is 18.3. The van der Waals surface area contributed by atoms with E-state index in [-0.39, 0.29) is 17.1 Å². The maximum Gasteiger partial charge on any atom is 0.254 e. The highest BCUT2D eigenvalue weighted by Crippen LogP contribution is 2.37. The van der Waals surface area contributed by atoms with Gasteiger partial charge in [-0.15, -0.1) is 0 Å². The van der Waals surface area contributed by atoms with Crippen LogP contribution in [0.3, 0.4) is 0 Å². The molecule has 0 bridgehead atoms. The van der Waals surface area contributed by atoms with Gasteiger partial charge < -0.3 is 14.5 Å². The number of hydrogen-bond donors (Lipinski definition) is 0. The first-order chi connectivity index (χ1) is 14.4. The van der Waals surface area contributed by atoms with Crippen molar-refractivity contribution in [2.45, 2.75) is 50.7 Å². The van der Waals surface area contributed by atoms with E-state index in [1.54, 1.807) is 0 Å². The van der Waals surface area contributed by atoms with Gasteiger partial charge in [-0.2, -0.15) is 0 Å². The van der Waals surface area contributed by atoms with Crippen molar-refractivity contribution in [3.63, 3.8) is 0 Å². The van der Waals surface area contributed by atoms with Crippen LogP contribution in [0, 0.1) is 0 Å². The maximum atomic E-state index is 13.2. The molecule has 1 spiro atoms. The summed E-state index contributed by atoms with van der Waals surface area (Å²) in [5, 5.41) is 0. The SMILES string of the molecule is CC1(C)CN(C(=O)c2ccccc2)CC2(CCCN(CCc3ccccc3)CC2)O1. The lowest BCUT2D eigenvalue weighted by Gasteiger charge is -2.50. The molecule has 4 heteroatoms. The summed E-state index contributed by atoms with van der Waals surface area (Å²) in [6, 6.07) is 20.4. The number of ether oxygens (including phenoxy) is 1. The van der Waals surface area contributed by atoms with Gasteiger partial charge >= 0.3 is 0 Å². The number of rotatable bonds is 4. The molecule has 2 aliphatic rings. The second-order valence-corrected chi connectivity index (χ2v) is 9.50. The Kier molecular flexibility index (Phi) is 6.26. The number of benzene rings is 2. The summed E-state index contributed by atoms with van der Waals surface area (Å²) in [5.41, 5.74) is 1.59. The van der Waals surface area contributed by atoms with Crippen LogP contribution < -0.4 is 0 Å². The molecule has 2 aromatic rings. The summed E-state index contributed by atoms with van der Waals surface area (Å²) < 4.78 is 6.69. The quantitative estimate of drug-likeness (QED) is 0.754. The molecule has 2 fully saturated rings. The Morgan fingerprint density at radius 1 is 0.933 bits per heavy atom. The van der Waals surface area contributed by atoms with Crippen molar-refractivity contribution in [2.75, 3.05) is 32.7 Å². The van der Waals surface area contributed by atoms with Crippen molar-refractivity contribution in [1.29, 1.82) is 0 Å². The van der Waals surface area contributed by atoms with Crippen LogP contribution in [0.15, 0.2) is 60.7 Å². The number of carbonyl (C=O) groups is 1. The van der Waals surface area contributed by atoms with Gasteiger partial charge in [0, 0.05) is 25.2 Å². The average molecular weight is 407 g/mol. The zero-order valence-corrected chi connectivity index (χ0v) is 18.3. The molecule has 0 radical (unpaired) electrons. The van der Waals surface area contributed by atoms with Gasteiger partial charge in [0.25, 0.3) is 5.91 Å². The molecule has 2 saturated heterocycles. The molecule has 0 N–H and O–H groups in total. The molecule has 30 heavy (non-hydrogen) atoms. The first kappa shape index (κ1) is 21.1. The van der Waals surface area contributed by atoms with Crippen molar-refractivity contribution in [3.8, 4) is 0 Å². The van der Waals surface area contributed by atoms with E-state index in [9.17, 15) is 4.79 Å². The highest BCUT2D eigenvalue weighted by molar-refractivity contribution is 5.94. The fourth-order valence-corrected chi connectivity index (χ4v) is 5.06. The molecule has 0 aromatic heterocycles. The van der Waals surface area contributed by atoms with E-state index in [1.807, 2.05) is 35.2 Å². The Hall–Kier alpha value is -2.17. The van der Waals surface area contributed by atoms with Crippen molar-refractivity contribution in [1.82, 2.24) is 9.80 Å². The smallest absolute Gasteiger partial charge is 0.254 e. The Morgan fingerprint density at radius 3 is 2.37 bits per heavy atom. The summed E-state index contributed by atoms with van der Waals surface area (Å²) >= 11 is 0. The van der Waals surface area contributed by atoms with Crippen LogP contribution >= 0.6 is 0 Å². The summed E-state index contributed by atoms with van der Waals surface area (Å²) in [6.45, 7) is 8.78. The first-order valence-electron chi connectivity index (χ1n) is 11.3. The third-order valence-electron chi connectivity index (χ3n) is 6.40. The fourth-order valence-electron chi connectivity index (χ4n) is 5.06. The van der Waals surface area contributed by atoms with E-state index in [1.165, 1.54) is 5.56 Å². The van der Waals surface area contributed by atoms with Crippen LogP contribution in [0.5, 0.6) is 0 Å². The van der Waals surface area contributed by atoms with Crippen LogP contribution in [0.25, 0.3) is 0 Å². The van der Waals surface area contributed by atoms with E-state index < -0.39 is 0 Å². The minimum atomic E-state index is -0.331. The number of carbonyl (C=O) groups excluding carboxylic acids is 1. The third kappa shape index (κ3) is 5.11. The van der Waals surface area contributed by atoms with E-state index in [2.05, 4.69) is 49.1 Å². The van der Waals surface area contributed by atoms with Gasteiger partial charge in [0.05, 0.1) is 17.7 Å². The lowest BCUT2D eigenvalue weighted by molar-refractivity contribution is -0.192. The number of likely N-dealkylation sites (tertiary alicyclic amines) is 1. The van der Waals surface area contributed by atoms with Crippen LogP contribution in [-0.2, 0) is 11.2 Å². The molecule has 1 atom stereocenters. The van der Waals surface area contributed by atoms with Crippen LogP contribution in [0.4, 0.5) is 0 Å². The molecule has 2 heterocycles. The largest absolute Gasteiger partial charge is 0.365 e. The normalized spacial score (nSPS) is 24.5. The molecule has 1 amide bonds. The highest BCUT2D eigenvalue weighted by Gasteiger charge is 2.46. The molecular formula is C26H34N2O2. The molecule has 2 aliphatic heterocycles. The lowest BCUT2D eigenvalue weighted by Crippen LogP contribution is -2.61. The van der Waals surface area contributed by atoms with Gasteiger partial charge in [-0.25, -0.2) is 0 Å². The molecule has 4 nitrogen and oxygen atoms in total. The maximum absolute atomic E-state index is 13.2. The summed E-state index contributed by atoms with van der Waals surface area (Å²) in [4.78, 5) is 17.8. The lowest BCUT2D eigenvalue weighted by atomic mass is 9.88. The Bertz CT molecular complexity index is 837. The second-order valence-electron chi connectivity index (χ2n) is 9.50. The van der Waals surface area contributed by atoms with Gasteiger partial charge in [0.15, 0.2) is 0 Å². The monoisotopic (exact) mass is 406 g/mol. The van der Waals surface area contributed by atoms with Gasteiger partial charge in [-0.1, -0.05) is 48.5 Å². The number of nitrogens with zero attached hydrogens (tertiary/aromatic N) is 2. The summed E-state index contributed by atoms with van der Waals surface area (Å²) in [7, 11) is 0. The molecule has 2 aromatic carbocycles. The van der Waals surface area contributed by atoms with Gasteiger partial charge in [0.2, 0.25) is 0 Å². The van der Waals surface area contributed by atoms with E-state index in [0.717, 1.165) is 50.9 Å². The van der Waals surface area contributed by atoms with Crippen molar-refractivity contribution in [2.24, 2.45) is 0 Å². The van der Waals surface area contributed by atoms with Gasteiger partial charge in [0.1, 0.15) is 0 Å². The summed E-state index contributed by atoms with van der Waals surface area (Å²) in [6.07, 6.45) is 4.18. The Morgan fingerprint density at radius 2 is 1.63 bits per heavy atom. The van der Waals surface area contributed by atoms with Gasteiger partial charge in [-0.3, -0.25) is 4.79 Å². The molecule has 4 rings (SSSR count). The van der Waals surface area contributed by atoms with Crippen molar-refractivity contribution in [3.05, 3.63) is 71.8 Å². The van der Waals surface area contributed by atoms with E-state index in [0.29, 0.717) is 13.1 Å². The number of morpholine rings is 1. The number of amides is 1. The average Bonchev–Trinajstić information content (AvgIpc) is 2.93. The van der Waals surface area contributed by atoms with E-state index in [4.69, 9.17) is 4.74 Å². The molecule has 160 valence electrons. The molecule has 0 saturated carbocycles. The molecule has 0 aliphatic carbocycles. The Balaban J connectivity index is 1.42. The van der Waals surface area contributed by atoms with Crippen molar-refractivity contribution < 1.29 is 9.53 Å². The predicted octanol–water partition coefficient (Wildman–Crippen LogP) is 4.41. The van der Waals surface area contributed by atoms with E-state index >= 15 is 0 Å². The van der Waals surface area contributed by atoms with Crippen LogP contribution in [0.1, 0.15) is 49.0 Å². The van der Waals surface area contributed by atoms with Crippen LogP contribution in [0.2, 0.25) is 0 Å². The third-order valence-corrected chi connectivity index (χ3v) is 6.40. The molecule has 1 unspecified atom stereocenters. The topological polar surface area (TPSA) is 32.8 Å². The van der Waals surface area contributed by atoms with Crippen molar-refractivity contribution >= 4 is 5.91 Å². The van der Waals surface area contributed by atoms with Crippen LogP contribution in [-0.4, -0.2) is 59.6 Å². The first-order valence-corrected chi connectivity index (χ1v) is 11.3. The standard InChI is InChI=1S/C26H34N2O2/c1-25(2)20-28(24(29)23-12-7-4-8-13-23)21-26(30-25)15-9-17-27(19-16-26)18-14-22-10-5-3-6-11-22/h3-8,10-13H,9,14-21H2,1-2H3. The second kappa shape index (κ2) is 8.91. The fraction of sp³-hybridized carbons (Fsp3) is 0.500. The summed E-state index contributed by atoms with van der Waals surface area (Å²) in [5.74, 6) is 0.122.